The maximum absolute atomic E-state index is 3.53. The quantitative estimate of drug-likeness (QED) is 0.508. The second-order valence-electron chi connectivity index (χ2n) is 2.84. The fourth-order valence-corrected chi connectivity index (χ4v) is 1.81. The van der Waals surface area contributed by atoms with Crippen LogP contribution in [-0.2, 0) is 0 Å². The van der Waals surface area contributed by atoms with E-state index in [4.69, 9.17) is 0 Å². The molecule has 0 spiro atoms. The summed E-state index contributed by atoms with van der Waals surface area (Å²) in [4.78, 5) is 0.695. The van der Waals surface area contributed by atoms with E-state index < -0.39 is 0 Å². The molecule has 0 saturated heterocycles. The highest BCUT2D eigenvalue weighted by atomic mass is 79.9. The number of rotatable bonds is 5. The van der Waals surface area contributed by atoms with Gasteiger partial charge in [0.2, 0.25) is 0 Å². The summed E-state index contributed by atoms with van der Waals surface area (Å²) in [5.74, 6) is 1.31. The van der Waals surface area contributed by atoms with Gasteiger partial charge in [-0.3, -0.25) is 0 Å². The van der Waals surface area contributed by atoms with E-state index in [1.54, 1.807) is 0 Å². The number of halogens is 1. The number of thioether (sulfide) groups is 1. The second-order valence-corrected chi connectivity index (χ2v) is 6.09. The molecule has 0 nitrogen and oxygen atoms in total. The summed E-state index contributed by atoms with van der Waals surface area (Å²) in [6.07, 6.45) is 2.65. The largest absolute Gasteiger partial charge is 0.159 e. The third-order valence-corrected chi connectivity index (χ3v) is 2.85. The Morgan fingerprint density at radius 1 is 1.30 bits per heavy atom. The summed E-state index contributed by atoms with van der Waals surface area (Å²) in [7, 11) is 0. The molecule has 2 heteroatoms. The summed E-state index contributed by atoms with van der Waals surface area (Å²) in [6, 6.07) is 0. The van der Waals surface area contributed by atoms with Gasteiger partial charge in [0.1, 0.15) is 0 Å². The minimum Gasteiger partial charge on any atom is -0.159 e. The van der Waals surface area contributed by atoms with Crippen molar-refractivity contribution in [3.05, 3.63) is 0 Å². The minimum absolute atomic E-state index is 0.695. The SMILES string of the molecule is CC(Br)CCCSC(C)C. The van der Waals surface area contributed by atoms with Crippen LogP contribution in [0.3, 0.4) is 0 Å². The summed E-state index contributed by atoms with van der Waals surface area (Å²) >= 11 is 5.58. The van der Waals surface area contributed by atoms with Crippen LogP contribution in [0.5, 0.6) is 0 Å². The molecular formula is C8H17BrS. The van der Waals surface area contributed by atoms with Crippen LogP contribution in [0.4, 0.5) is 0 Å². The number of hydrogen-bond acceptors (Lipinski definition) is 1. The predicted octanol–water partition coefficient (Wildman–Crippen LogP) is 3.69. The normalized spacial score (nSPS) is 14.1. The zero-order chi connectivity index (χ0) is 7.98. The van der Waals surface area contributed by atoms with Gasteiger partial charge in [0.25, 0.3) is 0 Å². The van der Waals surface area contributed by atoms with Gasteiger partial charge >= 0.3 is 0 Å². The van der Waals surface area contributed by atoms with E-state index in [1.165, 1.54) is 18.6 Å². The first-order valence-corrected chi connectivity index (χ1v) is 5.85. The lowest BCUT2D eigenvalue weighted by atomic mass is 10.3. The van der Waals surface area contributed by atoms with Gasteiger partial charge in [-0.05, 0) is 23.8 Å². The molecule has 10 heavy (non-hydrogen) atoms. The third kappa shape index (κ3) is 8.83. The molecular weight excluding hydrogens is 208 g/mol. The smallest absolute Gasteiger partial charge is 0.0117 e. The van der Waals surface area contributed by atoms with Crippen molar-refractivity contribution in [3.63, 3.8) is 0 Å². The van der Waals surface area contributed by atoms with Gasteiger partial charge in [0, 0.05) is 4.83 Å². The van der Waals surface area contributed by atoms with Crippen molar-refractivity contribution in [2.45, 2.75) is 43.7 Å². The highest BCUT2D eigenvalue weighted by Gasteiger charge is 1.97. The van der Waals surface area contributed by atoms with Crippen molar-refractivity contribution in [3.8, 4) is 0 Å². The topological polar surface area (TPSA) is 0 Å². The van der Waals surface area contributed by atoms with E-state index >= 15 is 0 Å². The first-order valence-electron chi connectivity index (χ1n) is 3.88. The van der Waals surface area contributed by atoms with E-state index in [1.807, 2.05) is 0 Å². The summed E-state index contributed by atoms with van der Waals surface area (Å²) in [5.41, 5.74) is 0. The Kier molecular flexibility index (Phi) is 7.08. The molecule has 0 aromatic heterocycles. The van der Waals surface area contributed by atoms with Gasteiger partial charge in [0.05, 0.1) is 0 Å². The van der Waals surface area contributed by atoms with E-state index in [-0.39, 0.29) is 0 Å². The van der Waals surface area contributed by atoms with Gasteiger partial charge < -0.3 is 0 Å². The lowest BCUT2D eigenvalue weighted by molar-refractivity contribution is 0.803. The van der Waals surface area contributed by atoms with Crippen molar-refractivity contribution in [1.82, 2.24) is 0 Å². The lowest BCUT2D eigenvalue weighted by Gasteiger charge is -2.04. The maximum atomic E-state index is 3.53. The van der Waals surface area contributed by atoms with Crippen LogP contribution in [0, 0.1) is 0 Å². The molecule has 0 fully saturated rings. The van der Waals surface area contributed by atoms with Crippen LogP contribution in [0.1, 0.15) is 33.6 Å². The number of hydrogen-bond donors (Lipinski definition) is 0. The maximum Gasteiger partial charge on any atom is 0.0117 e. The predicted molar refractivity (Wildman–Crippen MR) is 55.2 cm³/mol. The van der Waals surface area contributed by atoms with Crippen LogP contribution in [0.15, 0.2) is 0 Å². The van der Waals surface area contributed by atoms with Crippen LogP contribution >= 0.6 is 27.7 Å². The molecule has 0 heterocycles. The molecule has 0 saturated carbocycles. The highest BCUT2D eigenvalue weighted by Crippen LogP contribution is 2.14. The Balaban J connectivity index is 2.91. The number of alkyl halides is 1. The Morgan fingerprint density at radius 2 is 1.90 bits per heavy atom. The summed E-state index contributed by atoms with van der Waals surface area (Å²) in [5, 5.41) is 0.797. The molecule has 0 bridgehead atoms. The molecule has 0 radical (unpaired) electrons. The Hall–Kier alpha value is 0.830. The van der Waals surface area contributed by atoms with E-state index in [0.29, 0.717) is 4.83 Å². The van der Waals surface area contributed by atoms with Crippen LogP contribution < -0.4 is 0 Å². The van der Waals surface area contributed by atoms with Crippen molar-refractivity contribution < 1.29 is 0 Å². The summed E-state index contributed by atoms with van der Waals surface area (Å²) in [6.45, 7) is 6.71. The van der Waals surface area contributed by atoms with Crippen LogP contribution in [0.25, 0.3) is 0 Å². The summed E-state index contributed by atoms with van der Waals surface area (Å²) < 4.78 is 0. The second kappa shape index (κ2) is 6.53. The monoisotopic (exact) mass is 224 g/mol. The van der Waals surface area contributed by atoms with Crippen LogP contribution in [0.2, 0.25) is 0 Å². The first-order chi connectivity index (χ1) is 4.63. The fraction of sp³-hybridized carbons (Fsp3) is 1.00. The Labute approximate surface area is 77.3 Å². The van der Waals surface area contributed by atoms with E-state index in [2.05, 4.69) is 48.5 Å². The van der Waals surface area contributed by atoms with Crippen molar-refractivity contribution >= 4 is 27.7 Å². The first kappa shape index (κ1) is 10.8. The molecule has 0 aromatic carbocycles. The molecule has 0 rings (SSSR count). The minimum atomic E-state index is 0.695. The fourth-order valence-electron chi connectivity index (χ4n) is 0.684. The molecule has 62 valence electrons. The molecule has 1 unspecified atom stereocenters. The van der Waals surface area contributed by atoms with Crippen molar-refractivity contribution in [2.75, 3.05) is 5.75 Å². The van der Waals surface area contributed by atoms with Gasteiger partial charge in [-0.15, -0.1) is 0 Å². The van der Waals surface area contributed by atoms with E-state index in [0.717, 1.165) is 5.25 Å². The molecule has 0 amide bonds. The van der Waals surface area contributed by atoms with Crippen molar-refractivity contribution in [1.29, 1.82) is 0 Å². The molecule has 0 aliphatic carbocycles. The average Bonchev–Trinajstić information content (AvgIpc) is 1.79. The zero-order valence-electron chi connectivity index (χ0n) is 7.06. The molecule has 0 aliphatic rings. The van der Waals surface area contributed by atoms with Gasteiger partial charge in [-0.1, -0.05) is 36.7 Å². The average molecular weight is 225 g/mol. The standard InChI is InChI=1S/C8H17BrS/c1-7(2)10-6-4-5-8(3)9/h7-8H,4-6H2,1-3H3. The van der Waals surface area contributed by atoms with Crippen molar-refractivity contribution in [2.24, 2.45) is 0 Å². The molecule has 0 N–H and O–H groups in total. The lowest BCUT2D eigenvalue weighted by Crippen LogP contribution is -1.94. The van der Waals surface area contributed by atoms with Gasteiger partial charge in [-0.25, -0.2) is 0 Å². The molecule has 1 atom stereocenters. The Bertz CT molecular complexity index is 61.7. The van der Waals surface area contributed by atoms with Gasteiger partial charge in [-0.2, -0.15) is 11.8 Å². The van der Waals surface area contributed by atoms with E-state index in [9.17, 15) is 0 Å². The molecule has 0 aromatic rings. The zero-order valence-corrected chi connectivity index (χ0v) is 9.46. The van der Waals surface area contributed by atoms with Crippen LogP contribution in [-0.4, -0.2) is 15.8 Å². The highest BCUT2D eigenvalue weighted by molar-refractivity contribution is 9.09. The third-order valence-electron chi connectivity index (χ3n) is 1.20. The Morgan fingerprint density at radius 3 is 2.30 bits per heavy atom. The van der Waals surface area contributed by atoms with Gasteiger partial charge in [0.15, 0.2) is 0 Å². The molecule has 0 aliphatic heterocycles.